The van der Waals surface area contributed by atoms with Gasteiger partial charge < -0.3 is 10.6 Å². The van der Waals surface area contributed by atoms with Crippen LogP contribution in [0.5, 0.6) is 0 Å². The molecule has 0 spiro atoms. The van der Waals surface area contributed by atoms with E-state index in [4.69, 9.17) is 0 Å². The smallest absolute Gasteiger partial charge is 0.220 e. The lowest BCUT2D eigenvalue weighted by Crippen LogP contribution is -2.33. The Balaban J connectivity index is 0.000000461. The van der Waals surface area contributed by atoms with Crippen molar-refractivity contribution in [3.8, 4) is 0 Å². The topological polar surface area (TPSA) is 41.1 Å². The van der Waals surface area contributed by atoms with Gasteiger partial charge in [-0.1, -0.05) is 13.8 Å². The van der Waals surface area contributed by atoms with Crippen LogP contribution in [0.2, 0.25) is 0 Å². The summed E-state index contributed by atoms with van der Waals surface area (Å²) in [5, 5.41) is 5.87. The van der Waals surface area contributed by atoms with E-state index in [-0.39, 0.29) is 5.91 Å². The maximum atomic E-state index is 10.6. The molecule has 0 bridgehead atoms. The molecule has 3 heteroatoms. The third-order valence-electron chi connectivity index (χ3n) is 1.54. The van der Waals surface area contributed by atoms with Crippen molar-refractivity contribution < 1.29 is 4.79 Å². The van der Waals surface area contributed by atoms with Gasteiger partial charge in [0.15, 0.2) is 0 Å². The molecule has 0 radical (unpaired) electrons. The highest BCUT2D eigenvalue weighted by Crippen LogP contribution is 2.04. The van der Waals surface area contributed by atoms with Gasteiger partial charge >= 0.3 is 0 Å². The van der Waals surface area contributed by atoms with Gasteiger partial charge in [-0.25, -0.2) is 0 Å². The molecule has 1 unspecified atom stereocenters. The Morgan fingerprint density at radius 1 is 1.64 bits per heavy atom. The summed E-state index contributed by atoms with van der Waals surface area (Å²) in [6.45, 7) is 4.89. The summed E-state index contributed by atoms with van der Waals surface area (Å²) in [7, 11) is 1.89. The van der Waals surface area contributed by atoms with Gasteiger partial charge in [0, 0.05) is 19.0 Å². The summed E-state index contributed by atoms with van der Waals surface area (Å²) in [4.78, 5) is 10.6. The Labute approximate surface area is 68.6 Å². The number of rotatable bonds is 2. The van der Waals surface area contributed by atoms with Crippen LogP contribution in [-0.2, 0) is 4.79 Å². The molecule has 1 heterocycles. The van der Waals surface area contributed by atoms with Crippen molar-refractivity contribution in [2.75, 3.05) is 13.6 Å². The maximum absolute atomic E-state index is 10.6. The molecule has 0 aromatic carbocycles. The molecule has 0 aliphatic carbocycles. The van der Waals surface area contributed by atoms with Crippen LogP contribution in [0, 0.1) is 0 Å². The molecule has 1 rings (SSSR count). The molecule has 1 fully saturated rings. The molecule has 1 atom stereocenters. The standard InChI is InChI=1S/C6H12N2O.C2H6/c1-7-4-5-2-3-6(9)8-5;1-2/h5,7H,2-4H2,1H3,(H,8,9);1-2H3. The summed E-state index contributed by atoms with van der Waals surface area (Å²) in [5.41, 5.74) is 0. The zero-order valence-corrected chi connectivity index (χ0v) is 7.61. The molecule has 0 aromatic heterocycles. The van der Waals surface area contributed by atoms with Crippen molar-refractivity contribution in [3.05, 3.63) is 0 Å². The summed E-state index contributed by atoms with van der Waals surface area (Å²) in [6, 6.07) is 0.377. The molecule has 2 N–H and O–H groups in total. The Hall–Kier alpha value is -0.570. The first-order valence-corrected chi connectivity index (χ1v) is 4.27. The molecule has 1 aliphatic rings. The first-order chi connectivity index (χ1) is 5.33. The molecule has 1 aliphatic heterocycles. The van der Waals surface area contributed by atoms with Crippen molar-refractivity contribution in [1.29, 1.82) is 0 Å². The van der Waals surface area contributed by atoms with Gasteiger partial charge in [0.25, 0.3) is 0 Å². The van der Waals surface area contributed by atoms with Crippen LogP contribution in [0.3, 0.4) is 0 Å². The first-order valence-electron chi connectivity index (χ1n) is 4.27. The normalized spacial score (nSPS) is 22.1. The third kappa shape index (κ3) is 3.98. The molecule has 0 saturated carbocycles. The Morgan fingerprint density at radius 2 is 2.27 bits per heavy atom. The number of nitrogens with one attached hydrogen (secondary N) is 2. The SMILES string of the molecule is CC.CNCC1CCC(=O)N1. The van der Waals surface area contributed by atoms with Crippen molar-refractivity contribution >= 4 is 5.91 Å². The van der Waals surface area contributed by atoms with E-state index in [2.05, 4.69) is 10.6 Å². The fourth-order valence-corrected chi connectivity index (χ4v) is 1.08. The Morgan fingerprint density at radius 3 is 2.64 bits per heavy atom. The summed E-state index contributed by atoms with van der Waals surface area (Å²) >= 11 is 0. The van der Waals surface area contributed by atoms with E-state index < -0.39 is 0 Å². The van der Waals surface area contributed by atoms with Crippen LogP contribution in [-0.4, -0.2) is 25.5 Å². The van der Waals surface area contributed by atoms with Crippen molar-refractivity contribution in [2.24, 2.45) is 0 Å². The fraction of sp³-hybridized carbons (Fsp3) is 0.875. The van der Waals surface area contributed by atoms with Crippen LogP contribution < -0.4 is 10.6 Å². The quantitative estimate of drug-likeness (QED) is 0.615. The van der Waals surface area contributed by atoms with Crippen LogP contribution in [0.15, 0.2) is 0 Å². The van der Waals surface area contributed by atoms with E-state index in [1.807, 2.05) is 20.9 Å². The van der Waals surface area contributed by atoms with Crippen LogP contribution in [0.1, 0.15) is 26.7 Å². The van der Waals surface area contributed by atoms with Gasteiger partial charge in [-0.15, -0.1) is 0 Å². The van der Waals surface area contributed by atoms with E-state index >= 15 is 0 Å². The summed E-state index contributed by atoms with van der Waals surface area (Å²) in [5.74, 6) is 0.190. The second-order valence-electron chi connectivity index (χ2n) is 2.36. The lowest BCUT2D eigenvalue weighted by atomic mass is 10.2. The van der Waals surface area contributed by atoms with Crippen molar-refractivity contribution in [1.82, 2.24) is 10.6 Å². The predicted octanol–water partition coefficient (Wildman–Crippen LogP) is 0.511. The number of carbonyl (C=O) groups excluding carboxylic acids is 1. The van der Waals surface area contributed by atoms with E-state index in [9.17, 15) is 4.79 Å². The second-order valence-corrected chi connectivity index (χ2v) is 2.36. The minimum atomic E-state index is 0.190. The largest absolute Gasteiger partial charge is 0.352 e. The molecule has 66 valence electrons. The van der Waals surface area contributed by atoms with E-state index in [0.717, 1.165) is 13.0 Å². The number of amides is 1. The van der Waals surface area contributed by atoms with Crippen LogP contribution in [0.4, 0.5) is 0 Å². The second kappa shape index (κ2) is 6.16. The van der Waals surface area contributed by atoms with Gasteiger partial charge in [-0.2, -0.15) is 0 Å². The monoisotopic (exact) mass is 158 g/mol. The molecule has 0 aromatic rings. The number of hydrogen-bond donors (Lipinski definition) is 2. The molecule has 1 saturated heterocycles. The molecular formula is C8H18N2O. The maximum Gasteiger partial charge on any atom is 0.220 e. The third-order valence-corrected chi connectivity index (χ3v) is 1.54. The van der Waals surface area contributed by atoms with Gasteiger partial charge in [0.1, 0.15) is 0 Å². The average Bonchev–Trinajstić information content (AvgIpc) is 2.41. The lowest BCUT2D eigenvalue weighted by Gasteiger charge is -2.06. The van der Waals surface area contributed by atoms with Gasteiger partial charge in [-0.3, -0.25) is 4.79 Å². The number of hydrogen-bond acceptors (Lipinski definition) is 2. The zero-order valence-electron chi connectivity index (χ0n) is 7.61. The molecular weight excluding hydrogens is 140 g/mol. The van der Waals surface area contributed by atoms with Crippen molar-refractivity contribution in [2.45, 2.75) is 32.7 Å². The van der Waals surface area contributed by atoms with Crippen LogP contribution in [0.25, 0.3) is 0 Å². The Bertz CT molecular complexity index is 115. The minimum Gasteiger partial charge on any atom is -0.352 e. The first kappa shape index (κ1) is 10.4. The number of carbonyl (C=O) groups is 1. The van der Waals surface area contributed by atoms with E-state index in [1.165, 1.54) is 0 Å². The van der Waals surface area contributed by atoms with Crippen LogP contribution >= 0.6 is 0 Å². The summed E-state index contributed by atoms with van der Waals surface area (Å²) in [6.07, 6.45) is 1.69. The highest BCUT2D eigenvalue weighted by atomic mass is 16.1. The van der Waals surface area contributed by atoms with Gasteiger partial charge in [-0.05, 0) is 13.5 Å². The molecule has 1 amide bonds. The lowest BCUT2D eigenvalue weighted by molar-refractivity contribution is -0.119. The average molecular weight is 158 g/mol. The fourth-order valence-electron chi connectivity index (χ4n) is 1.08. The predicted molar refractivity (Wildman–Crippen MR) is 46.4 cm³/mol. The van der Waals surface area contributed by atoms with E-state index in [1.54, 1.807) is 0 Å². The summed E-state index contributed by atoms with van der Waals surface area (Å²) < 4.78 is 0. The zero-order chi connectivity index (χ0) is 8.69. The minimum absolute atomic E-state index is 0.190. The Kier molecular flexibility index (Phi) is 5.84. The highest BCUT2D eigenvalue weighted by Gasteiger charge is 2.18. The molecule has 3 nitrogen and oxygen atoms in total. The number of likely N-dealkylation sites (N-methyl/N-ethyl adjacent to an activating group) is 1. The molecule has 11 heavy (non-hydrogen) atoms. The van der Waals surface area contributed by atoms with Gasteiger partial charge in [0.2, 0.25) is 5.91 Å². The van der Waals surface area contributed by atoms with E-state index in [0.29, 0.717) is 12.5 Å². The van der Waals surface area contributed by atoms with Crippen molar-refractivity contribution in [3.63, 3.8) is 0 Å². The highest BCUT2D eigenvalue weighted by molar-refractivity contribution is 5.78. The van der Waals surface area contributed by atoms with Gasteiger partial charge in [0.05, 0.1) is 0 Å².